The van der Waals surface area contributed by atoms with Gasteiger partial charge in [0.1, 0.15) is 5.75 Å². The van der Waals surface area contributed by atoms with Crippen LogP contribution in [0.1, 0.15) is 84.5 Å². The van der Waals surface area contributed by atoms with Crippen molar-refractivity contribution in [3.63, 3.8) is 0 Å². The van der Waals surface area contributed by atoms with Crippen LogP contribution in [-0.2, 0) is 0 Å². The average molecular weight is 585 g/mol. The van der Waals surface area contributed by atoms with Crippen molar-refractivity contribution in [2.45, 2.75) is 84.5 Å². The third-order valence-electron chi connectivity index (χ3n) is 7.88. The topological polar surface area (TPSA) is 18.5 Å². The standard InChI is InChI=1S/C39H46F2O2/c1-3-5-6-7-8-9-10-11-12-13-29-42-35-24-22-33(23-25-35)31-16-14-30(15-17-31)32-18-20-34(21-19-32)36-26-27-37(43-28-4-2)39(41)38(36)40/h14-27H,3-13,28-29H2,1-2H3. The van der Waals surface area contributed by atoms with Crippen LogP contribution in [-0.4, -0.2) is 13.2 Å². The van der Waals surface area contributed by atoms with Gasteiger partial charge in [-0.15, -0.1) is 0 Å². The van der Waals surface area contributed by atoms with Gasteiger partial charge in [0, 0.05) is 5.56 Å². The van der Waals surface area contributed by atoms with E-state index in [1.165, 1.54) is 63.9 Å². The van der Waals surface area contributed by atoms with Gasteiger partial charge in [-0.05, 0) is 64.9 Å². The second-order valence-corrected chi connectivity index (χ2v) is 11.3. The van der Waals surface area contributed by atoms with Crippen molar-refractivity contribution in [1.29, 1.82) is 0 Å². The van der Waals surface area contributed by atoms with Gasteiger partial charge >= 0.3 is 0 Å². The van der Waals surface area contributed by atoms with E-state index in [0.717, 1.165) is 47.5 Å². The fourth-order valence-corrected chi connectivity index (χ4v) is 5.30. The Morgan fingerprint density at radius 2 is 0.884 bits per heavy atom. The lowest BCUT2D eigenvalue weighted by Crippen LogP contribution is -2.00. The Hall–Kier alpha value is -3.66. The lowest BCUT2D eigenvalue weighted by Gasteiger charge is -2.11. The van der Waals surface area contributed by atoms with E-state index in [1.807, 2.05) is 43.3 Å². The second kappa shape index (κ2) is 17.5. The van der Waals surface area contributed by atoms with Gasteiger partial charge in [-0.25, -0.2) is 4.39 Å². The summed E-state index contributed by atoms with van der Waals surface area (Å²) in [6.45, 7) is 5.30. The van der Waals surface area contributed by atoms with E-state index in [1.54, 1.807) is 6.07 Å². The number of rotatable bonds is 18. The van der Waals surface area contributed by atoms with Crippen molar-refractivity contribution in [2.75, 3.05) is 13.2 Å². The summed E-state index contributed by atoms with van der Waals surface area (Å²) in [6, 6.07) is 27.2. The van der Waals surface area contributed by atoms with Crippen molar-refractivity contribution < 1.29 is 18.3 Å². The van der Waals surface area contributed by atoms with Gasteiger partial charge in [-0.3, -0.25) is 0 Å². The molecule has 4 heteroatoms. The Kier molecular flexibility index (Phi) is 13.1. The Bertz CT molecular complexity index is 1360. The van der Waals surface area contributed by atoms with Crippen molar-refractivity contribution in [2.24, 2.45) is 0 Å². The Labute approximate surface area is 257 Å². The molecule has 0 aliphatic carbocycles. The molecule has 4 rings (SSSR count). The SMILES string of the molecule is CCCCCCCCCCCCOc1ccc(-c2ccc(-c3ccc(-c4ccc(OCCC)c(F)c4F)cc3)cc2)cc1. The van der Waals surface area contributed by atoms with Crippen LogP contribution >= 0.6 is 0 Å². The predicted octanol–water partition coefficient (Wildman–Crippen LogP) is 12.1. The quantitative estimate of drug-likeness (QED) is 0.108. The van der Waals surface area contributed by atoms with E-state index in [2.05, 4.69) is 43.3 Å². The largest absolute Gasteiger partial charge is 0.494 e. The monoisotopic (exact) mass is 584 g/mol. The molecule has 0 aliphatic rings. The number of ether oxygens (including phenoxy) is 2. The maximum Gasteiger partial charge on any atom is 0.201 e. The zero-order chi connectivity index (χ0) is 30.3. The minimum Gasteiger partial charge on any atom is -0.494 e. The highest BCUT2D eigenvalue weighted by atomic mass is 19.2. The first kappa shape index (κ1) is 32.3. The fourth-order valence-electron chi connectivity index (χ4n) is 5.30. The van der Waals surface area contributed by atoms with Gasteiger partial charge in [0.2, 0.25) is 5.82 Å². The molecule has 0 aromatic heterocycles. The highest BCUT2D eigenvalue weighted by molar-refractivity contribution is 5.74. The molecular weight excluding hydrogens is 538 g/mol. The van der Waals surface area contributed by atoms with Gasteiger partial charge in [0.05, 0.1) is 13.2 Å². The molecule has 0 N–H and O–H groups in total. The summed E-state index contributed by atoms with van der Waals surface area (Å²) >= 11 is 0. The summed E-state index contributed by atoms with van der Waals surface area (Å²) in [6.07, 6.45) is 13.9. The van der Waals surface area contributed by atoms with E-state index in [9.17, 15) is 8.78 Å². The van der Waals surface area contributed by atoms with E-state index < -0.39 is 11.6 Å². The number of hydrogen-bond donors (Lipinski definition) is 0. The van der Waals surface area contributed by atoms with E-state index >= 15 is 0 Å². The van der Waals surface area contributed by atoms with Gasteiger partial charge in [-0.2, -0.15) is 4.39 Å². The summed E-state index contributed by atoms with van der Waals surface area (Å²) in [7, 11) is 0. The highest BCUT2D eigenvalue weighted by Gasteiger charge is 2.16. The van der Waals surface area contributed by atoms with Crippen LogP contribution in [0, 0.1) is 11.6 Å². The Morgan fingerprint density at radius 3 is 1.40 bits per heavy atom. The first-order chi connectivity index (χ1) is 21.1. The maximum absolute atomic E-state index is 14.7. The molecule has 0 spiro atoms. The van der Waals surface area contributed by atoms with Crippen LogP contribution < -0.4 is 9.47 Å². The summed E-state index contributed by atoms with van der Waals surface area (Å²) in [4.78, 5) is 0. The Balaban J connectivity index is 1.24. The molecule has 43 heavy (non-hydrogen) atoms. The number of hydrogen-bond acceptors (Lipinski definition) is 2. The fraction of sp³-hybridized carbons (Fsp3) is 0.385. The molecule has 0 radical (unpaired) electrons. The molecule has 2 nitrogen and oxygen atoms in total. The number of benzene rings is 4. The molecular formula is C39H46F2O2. The summed E-state index contributed by atoms with van der Waals surface area (Å²) in [5.41, 5.74) is 5.17. The minimum absolute atomic E-state index is 0.0497. The normalized spacial score (nSPS) is 11.1. The molecule has 0 saturated carbocycles. The zero-order valence-electron chi connectivity index (χ0n) is 25.8. The first-order valence-corrected chi connectivity index (χ1v) is 16.2. The van der Waals surface area contributed by atoms with E-state index in [-0.39, 0.29) is 11.3 Å². The third kappa shape index (κ3) is 9.68. The lowest BCUT2D eigenvalue weighted by atomic mass is 9.98. The second-order valence-electron chi connectivity index (χ2n) is 11.3. The molecule has 0 unspecified atom stereocenters. The third-order valence-corrected chi connectivity index (χ3v) is 7.88. The average Bonchev–Trinajstić information content (AvgIpc) is 3.05. The summed E-state index contributed by atoms with van der Waals surface area (Å²) in [5, 5.41) is 0. The number of halogens is 2. The van der Waals surface area contributed by atoms with Crippen LogP contribution in [0.15, 0.2) is 84.9 Å². The summed E-state index contributed by atoms with van der Waals surface area (Å²) < 4.78 is 40.5. The summed E-state index contributed by atoms with van der Waals surface area (Å²) in [5.74, 6) is -0.970. The Morgan fingerprint density at radius 1 is 0.419 bits per heavy atom. The van der Waals surface area contributed by atoms with Gasteiger partial charge < -0.3 is 9.47 Å². The van der Waals surface area contributed by atoms with E-state index in [0.29, 0.717) is 12.2 Å². The molecule has 0 amide bonds. The van der Waals surface area contributed by atoms with E-state index in [4.69, 9.17) is 9.47 Å². The van der Waals surface area contributed by atoms with Gasteiger partial charge in [0.25, 0.3) is 0 Å². The molecule has 228 valence electrons. The molecule has 0 fully saturated rings. The van der Waals surface area contributed by atoms with Crippen molar-refractivity contribution in [3.05, 3.63) is 96.6 Å². The van der Waals surface area contributed by atoms with Gasteiger partial charge in [-0.1, -0.05) is 132 Å². The van der Waals surface area contributed by atoms with Crippen LogP contribution in [0.3, 0.4) is 0 Å². The zero-order valence-corrected chi connectivity index (χ0v) is 25.8. The smallest absolute Gasteiger partial charge is 0.201 e. The molecule has 4 aromatic carbocycles. The minimum atomic E-state index is -0.945. The lowest BCUT2D eigenvalue weighted by molar-refractivity contribution is 0.295. The molecule has 0 heterocycles. The molecule has 4 aromatic rings. The van der Waals surface area contributed by atoms with Crippen molar-refractivity contribution >= 4 is 0 Å². The molecule has 0 bridgehead atoms. The maximum atomic E-state index is 14.7. The molecule has 0 aliphatic heterocycles. The van der Waals surface area contributed by atoms with Crippen LogP contribution in [0.4, 0.5) is 8.78 Å². The van der Waals surface area contributed by atoms with Gasteiger partial charge in [0.15, 0.2) is 11.6 Å². The number of unbranched alkanes of at least 4 members (excludes halogenated alkanes) is 9. The van der Waals surface area contributed by atoms with Crippen LogP contribution in [0.2, 0.25) is 0 Å². The first-order valence-electron chi connectivity index (χ1n) is 16.2. The van der Waals surface area contributed by atoms with Crippen molar-refractivity contribution in [1.82, 2.24) is 0 Å². The van der Waals surface area contributed by atoms with Crippen LogP contribution in [0.5, 0.6) is 11.5 Å². The molecule has 0 atom stereocenters. The van der Waals surface area contributed by atoms with Crippen LogP contribution in [0.25, 0.3) is 33.4 Å². The molecule has 0 saturated heterocycles. The predicted molar refractivity (Wildman–Crippen MR) is 176 cm³/mol. The van der Waals surface area contributed by atoms with Crippen molar-refractivity contribution in [3.8, 4) is 44.9 Å². The highest BCUT2D eigenvalue weighted by Crippen LogP contribution is 2.32.